The molecular weight excluding hydrogens is 352 g/mol. The summed E-state index contributed by atoms with van der Waals surface area (Å²) < 4.78 is 28.2. The molecule has 2 aromatic carbocycles. The summed E-state index contributed by atoms with van der Waals surface area (Å²) in [6.07, 6.45) is -0.874. The molecule has 0 saturated carbocycles. The number of methoxy groups -OCH3 is 2. The molecule has 0 spiro atoms. The van der Waals surface area contributed by atoms with Gasteiger partial charge in [0.25, 0.3) is 0 Å². The van der Waals surface area contributed by atoms with Gasteiger partial charge in [-0.3, -0.25) is 0 Å². The van der Waals surface area contributed by atoms with Crippen LogP contribution in [0.25, 0.3) is 11.0 Å². The fourth-order valence-electron chi connectivity index (χ4n) is 3.19. The smallest absolute Gasteiger partial charge is 0.336 e. The van der Waals surface area contributed by atoms with E-state index in [0.717, 1.165) is 5.56 Å². The molecule has 4 rings (SSSR count). The van der Waals surface area contributed by atoms with Crippen LogP contribution in [-0.2, 0) is 0 Å². The predicted molar refractivity (Wildman–Crippen MR) is 97.2 cm³/mol. The minimum Gasteiger partial charge on any atom is -0.504 e. The molecule has 140 valence electrons. The van der Waals surface area contributed by atoms with Crippen molar-refractivity contribution in [3.8, 4) is 28.7 Å². The first-order chi connectivity index (χ1) is 13.0. The van der Waals surface area contributed by atoms with Crippen LogP contribution in [-0.4, -0.2) is 25.4 Å². The van der Waals surface area contributed by atoms with Gasteiger partial charge in [0.05, 0.1) is 14.2 Å². The number of phenolic OH excluding ortho intramolecular Hbond substituents is 1. The fourth-order valence-corrected chi connectivity index (χ4v) is 3.19. The Hall–Kier alpha value is -3.35. The van der Waals surface area contributed by atoms with Crippen molar-refractivity contribution in [1.29, 1.82) is 0 Å². The van der Waals surface area contributed by atoms with E-state index in [1.165, 1.54) is 26.4 Å². The Bertz CT molecular complexity index is 1070. The molecule has 1 aliphatic rings. The molecule has 1 aliphatic heterocycles. The van der Waals surface area contributed by atoms with Gasteiger partial charge < -0.3 is 28.5 Å². The van der Waals surface area contributed by atoms with Crippen molar-refractivity contribution in [1.82, 2.24) is 0 Å². The minimum atomic E-state index is -0.507. The highest BCUT2D eigenvalue weighted by atomic mass is 16.6. The summed E-state index contributed by atoms with van der Waals surface area (Å²) >= 11 is 0. The van der Waals surface area contributed by atoms with Gasteiger partial charge in [0.15, 0.2) is 28.9 Å². The zero-order valence-electron chi connectivity index (χ0n) is 15.0. The monoisotopic (exact) mass is 370 g/mol. The lowest BCUT2D eigenvalue weighted by atomic mass is 10.0. The molecule has 2 atom stereocenters. The normalized spacial score (nSPS) is 18.3. The summed E-state index contributed by atoms with van der Waals surface area (Å²) in [7, 11) is 3.01. The van der Waals surface area contributed by atoms with Gasteiger partial charge in [-0.15, -0.1) is 0 Å². The summed E-state index contributed by atoms with van der Waals surface area (Å²) in [6, 6.07) is 9.66. The molecule has 27 heavy (non-hydrogen) atoms. The maximum absolute atomic E-state index is 11.7. The highest BCUT2D eigenvalue weighted by molar-refractivity contribution is 5.88. The molecule has 3 aromatic rings. The number of aromatic hydroxyl groups is 1. The summed E-state index contributed by atoms with van der Waals surface area (Å²) in [4.78, 5) is 11.7. The Morgan fingerprint density at radius 1 is 0.963 bits per heavy atom. The Balaban J connectivity index is 1.87. The SMILES string of the molecule is COc1cc([C@H]2Oc3c(c(OC)cc4ccc(=O)oc34)O[C@@H]2C)ccc1O. The van der Waals surface area contributed by atoms with E-state index in [1.54, 1.807) is 24.3 Å². The molecular formula is C20H18O7. The summed E-state index contributed by atoms with van der Waals surface area (Å²) in [5, 5.41) is 10.5. The number of benzene rings is 2. The maximum Gasteiger partial charge on any atom is 0.336 e. The van der Waals surface area contributed by atoms with Crippen LogP contribution in [0, 0.1) is 0 Å². The average Bonchev–Trinajstić information content (AvgIpc) is 2.67. The third-order valence-electron chi connectivity index (χ3n) is 4.51. The number of hydrogen-bond donors (Lipinski definition) is 1. The van der Waals surface area contributed by atoms with Crippen molar-refractivity contribution in [3.63, 3.8) is 0 Å². The zero-order valence-corrected chi connectivity index (χ0v) is 15.0. The van der Waals surface area contributed by atoms with Gasteiger partial charge in [-0.2, -0.15) is 0 Å². The number of hydrogen-bond acceptors (Lipinski definition) is 7. The van der Waals surface area contributed by atoms with E-state index in [1.807, 2.05) is 6.92 Å². The van der Waals surface area contributed by atoms with E-state index < -0.39 is 11.7 Å². The predicted octanol–water partition coefficient (Wildman–Crippen LogP) is 3.42. The van der Waals surface area contributed by atoms with E-state index >= 15 is 0 Å². The second kappa shape index (κ2) is 6.42. The lowest BCUT2D eigenvalue weighted by molar-refractivity contribution is 0.0286. The van der Waals surface area contributed by atoms with Crippen molar-refractivity contribution < 1.29 is 28.5 Å². The largest absolute Gasteiger partial charge is 0.504 e. The number of phenols is 1. The van der Waals surface area contributed by atoms with E-state index in [-0.39, 0.29) is 11.9 Å². The zero-order chi connectivity index (χ0) is 19.1. The van der Waals surface area contributed by atoms with Crippen LogP contribution in [0.3, 0.4) is 0 Å². The van der Waals surface area contributed by atoms with Crippen molar-refractivity contribution >= 4 is 11.0 Å². The number of fused-ring (bicyclic) bond motifs is 3. The van der Waals surface area contributed by atoms with Crippen molar-refractivity contribution in [3.05, 3.63) is 52.4 Å². The van der Waals surface area contributed by atoms with Gasteiger partial charge in [0.1, 0.15) is 6.10 Å². The van der Waals surface area contributed by atoms with Crippen LogP contribution in [0.4, 0.5) is 0 Å². The molecule has 1 N–H and O–H groups in total. The lowest BCUT2D eigenvalue weighted by Gasteiger charge is -2.33. The third-order valence-corrected chi connectivity index (χ3v) is 4.51. The number of rotatable bonds is 3. The fraction of sp³-hybridized carbons (Fsp3) is 0.250. The summed E-state index contributed by atoms with van der Waals surface area (Å²) in [6.45, 7) is 1.86. The molecule has 0 unspecified atom stereocenters. The minimum absolute atomic E-state index is 0.0316. The molecule has 0 aliphatic carbocycles. The van der Waals surface area contributed by atoms with Crippen LogP contribution in [0.15, 0.2) is 45.6 Å². The van der Waals surface area contributed by atoms with Crippen molar-refractivity contribution in [2.24, 2.45) is 0 Å². The average molecular weight is 370 g/mol. The van der Waals surface area contributed by atoms with Crippen LogP contribution in [0.5, 0.6) is 28.7 Å². The lowest BCUT2D eigenvalue weighted by Crippen LogP contribution is -2.31. The van der Waals surface area contributed by atoms with E-state index in [2.05, 4.69) is 0 Å². The van der Waals surface area contributed by atoms with Crippen molar-refractivity contribution in [2.45, 2.75) is 19.1 Å². The molecule has 7 nitrogen and oxygen atoms in total. The van der Waals surface area contributed by atoms with Gasteiger partial charge >= 0.3 is 5.63 Å². The van der Waals surface area contributed by atoms with Gasteiger partial charge in [-0.05, 0) is 31.2 Å². The third kappa shape index (κ3) is 2.81. The first-order valence-corrected chi connectivity index (χ1v) is 8.37. The van der Waals surface area contributed by atoms with Crippen molar-refractivity contribution in [2.75, 3.05) is 14.2 Å². The van der Waals surface area contributed by atoms with Crippen LogP contribution in [0.2, 0.25) is 0 Å². The molecule has 0 amide bonds. The van der Waals surface area contributed by atoms with Crippen LogP contribution >= 0.6 is 0 Å². The maximum atomic E-state index is 11.7. The molecule has 2 heterocycles. The van der Waals surface area contributed by atoms with E-state index in [0.29, 0.717) is 34.0 Å². The molecule has 7 heteroatoms. The second-order valence-electron chi connectivity index (χ2n) is 6.20. The molecule has 1 aromatic heterocycles. The van der Waals surface area contributed by atoms with Gasteiger partial charge in [0.2, 0.25) is 11.5 Å². The first kappa shape index (κ1) is 17.1. The van der Waals surface area contributed by atoms with E-state index in [4.69, 9.17) is 23.4 Å². The molecule has 0 fully saturated rings. The molecule has 0 bridgehead atoms. The topological polar surface area (TPSA) is 87.4 Å². The first-order valence-electron chi connectivity index (χ1n) is 8.37. The Kier molecular flexibility index (Phi) is 4.07. The number of ether oxygens (including phenoxy) is 4. The Labute approximate surface area is 154 Å². The summed E-state index contributed by atoms with van der Waals surface area (Å²) in [5.74, 6) is 1.53. The highest BCUT2D eigenvalue weighted by Crippen LogP contribution is 2.49. The van der Waals surface area contributed by atoms with Gasteiger partial charge in [-0.25, -0.2) is 4.79 Å². The van der Waals surface area contributed by atoms with Crippen LogP contribution < -0.4 is 24.6 Å². The quantitative estimate of drug-likeness (QED) is 0.707. The van der Waals surface area contributed by atoms with Crippen LogP contribution in [0.1, 0.15) is 18.6 Å². The molecule has 0 radical (unpaired) electrons. The standard InChI is InChI=1S/C20H18O7/c1-10-17(11-4-6-13(21)14(8-11)23-2)27-20-18-12(5-7-16(22)26-18)9-15(24-3)19(20)25-10/h4-10,17,21H,1-3H3/t10-,17+/m1/s1. The Morgan fingerprint density at radius 3 is 2.48 bits per heavy atom. The highest BCUT2D eigenvalue weighted by Gasteiger charge is 2.34. The summed E-state index contributed by atoms with van der Waals surface area (Å²) in [5.41, 5.74) is 0.554. The Morgan fingerprint density at radius 2 is 1.74 bits per heavy atom. The van der Waals surface area contributed by atoms with E-state index in [9.17, 15) is 9.90 Å². The van der Waals surface area contributed by atoms with Gasteiger partial charge in [-0.1, -0.05) is 6.07 Å². The van der Waals surface area contributed by atoms with Gasteiger partial charge in [0, 0.05) is 17.0 Å². The second-order valence-corrected chi connectivity index (χ2v) is 6.20. The molecule has 0 saturated heterocycles.